The van der Waals surface area contributed by atoms with E-state index in [-0.39, 0.29) is 6.61 Å². The molecule has 0 amide bonds. The molecule has 20 heavy (non-hydrogen) atoms. The molecule has 2 aliphatic rings. The average Bonchev–Trinajstić information content (AvgIpc) is 2.47. The van der Waals surface area contributed by atoms with Crippen molar-refractivity contribution in [2.75, 3.05) is 31.6 Å². The van der Waals surface area contributed by atoms with Crippen molar-refractivity contribution >= 4 is 17.3 Å². The molecule has 1 N–H and O–H groups in total. The van der Waals surface area contributed by atoms with Gasteiger partial charge in [0.25, 0.3) is 0 Å². The zero-order chi connectivity index (χ0) is 14.1. The quantitative estimate of drug-likeness (QED) is 0.908. The van der Waals surface area contributed by atoms with Crippen LogP contribution in [0.2, 0.25) is 5.02 Å². The predicted octanol–water partition coefficient (Wildman–Crippen LogP) is 2.75. The van der Waals surface area contributed by atoms with Crippen LogP contribution in [0.1, 0.15) is 24.8 Å². The Hall–Kier alpha value is -0.770. The molecular formula is C16H23ClN2O. The second-order valence-electron chi connectivity index (χ2n) is 6.12. The molecule has 3 nitrogen and oxygen atoms in total. The summed E-state index contributed by atoms with van der Waals surface area (Å²) in [7, 11) is 2.25. The highest BCUT2D eigenvalue weighted by Gasteiger charge is 2.34. The summed E-state index contributed by atoms with van der Waals surface area (Å²) in [6.45, 7) is 3.46. The Morgan fingerprint density at radius 1 is 1.30 bits per heavy atom. The lowest BCUT2D eigenvalue weighted by atomic mass is 9.84. The highest BCUT2D eigenvalue weighted by Crippen LogP contribution is 2.34. The minimum Gasteiger partial charge on any atom is -0.392 e. The van der Waals surface area contributed by atoms with Gasteiger partial charge in [-0.1, -0.05) is 17.7 Å². The summed E-state index contributed by atoms with van der Waals surface area (Å²) in [6, 6.07) is 6.53. The van der Waals surface area contributed by atoms with Gasteiger partial charge in [-0.3, -0.25) is 0 Å². The Kier molecular flexibility index (Phi) is 4.20. The molecule has 2 saturated heterocycles. The van der Waals surface area contributed by atoms with E-state index in [1.54, 1.807) is 0 Å². The number of aliphatic hydroxyl groups excluding tert-OH is 1. The van der Waals surface area contributed by atoms with E-state index in [1.807, 2.05) is 18.2 Å². The second-order valence-corrected chi connectivity index (χ2v) is 6.55. The van der Waals surface area contributed by atoms with Crippen LogP contribution in [-0.2, 0) is 6.61 Å². The van der Waals surface area contributed by atoms with Crippen LogP contribution in [-0.4, -0.2) is 42.7 Å². The standard InChI is InChI=1S/C16H23ClN2O/c1-18-7-2-3-12-10-19(8-6-15(12)18)16-9-14(17)5-4-13(16)11-20/h4-5,9,12,15,20H,2-3,6-8,10-11H2,1H3. The van der Waals surface area contributed by atoms with Crippen LogP contribution in [0.25, 0.3) is 0 Å². The number of nitrogens with zero attached hydrogens (tertiary/aromatic N) is 2. The smallest absolute Gasteiger partial charge is 0.0702 e. The Balaban J connectivity index is 1.81. The van der Waals surface area contributed by atoms with Crippen LogP contribution in [0, 0.1) is 5.92 Å². The van der Waals surface area contributed by atoms with Crippen molar-refractivity contribution in [1.82, 2.24) is 4.90 Å². The number of hydrogen-bond donors (Lipinski definition) is 1. The van der Waals surface area contributed by atoms with Crippen LogP contribution in [0.4, 0.5) is 5.69 Å². The fourth-order valence-corrected chi connectivity index (χ4v) is 4.00. The van der Waals surface area contributed by atoms with Crippen molar-refractivity contribution in [1.29, 1.82) is 0 Å². The van der Waals surface area contributed by atoms with Gasteiger partial charge in [-0.05, 0) is 50.9 Å². The van der Waals surface area contributed by atoms with Gasteiger partial charge >= 0.3 is 0 Å². The van der Waals surface area contributed by atoms with Gasteiger partial charge in [0.1, 0.15) is 0 Å². The SMILES string of the molecule is CN1CCCC2CN(c3cc(Cl)ccc3CO)CCC21. The highest BCUT2D eigenvalue weighted by atomic mass is 35.5. The van der Waals surface area contributed by atoms with Crippen molar-refractivity contribution in [3.8, 4) is 0 Å². The lowest BCUT2D eigenvalue weighted by molar-refractivity contribution is 0.102. The Morgan fingerprint density at radius 3 is 2.95 bits per heavy atom. The third kappa shape index (κ3) is 2.67. The van der Waals surface area contributed by atoms with Gasteiger partial charge in [-0.25, -0.2) is 0 Å². The average molecular weight is 295 g/mol. The fourth-order valence-electron chi connectivity index (χ4n) is 3.84. The Bertz CT molecular complexity index is 480. The molecule has 4 heteroatoms. The molecule has 0 radical (unpaired) electrons. The fraction of sp³-hybridized carbons (Fsp3) is 0.625. The largest absolute Gasteiger partial charge is 0.392 e. The number of benzene rings is 1. The first-order valence-electron chi connectivity index (χ1n) is 7.53. The summed E-state index contributed by atoms with van der Waals surface area (Å²) < 4.78 is 0. The van der Waals surface area contributed by atoms with Crippen molar-refractivity contribution in [2.24, 2.45) is 5.92 Å². The lowest BCUT2D eigenvalue weighted by Gasteiger charge is -2.47. The first kappa shape index (κ1) is 14.2. The van der Waals surface area contributed by atoms with Crippen LogP contribution in [0.15, 0.2) is 18.2 Å². The van der Waals surface area contributed by atoms with Crippen LogP contribution < -0.4 is 4.90 Å². The molecule has 110 valence electrons. The van der Waals surface area contributed by atoms with Gasteiger partial charge in [-0.2, -0.15) is 0 Å². The first-order chi connectivity index (χ1) is 9.69. The molecule has 2 heterocycles. The maximum atomic E-state index is 9.54. The summed E-state index contributed by atoms with van der Waals surface area (Å²) in [4.78, 5) is 4.94. The number of rotatable bonds is 2. The van der Waals surface area contributed by atoms with E-state index >= 15 is 0 Å². The number of piperidine rings is 2. The summed E-state index contributed by atoms with van der Waals surface area (Å²) in [5, 5.41) is 10.3. The van der Waals surface area contributed by atoms with Gasteiger partial charge in [0.2, 0.25) is 0 Å². The third-order valence-corrected chi connectivity index (χ3v) is 5.14. The summed E-state index contributed by atoms with van der Waals surface area (Å²) in [6.07, 6.45) is 3.83. The van der Waals surface area contributed by atoms with E-state index in [4.69, 9.17) is 11.6 Å². The number of fused-ring (bicyclic) bond motifs is 1. The lowest BCUT2D eigenvalue weighted by Crippen LogP contribution is -2.52. The maximum Gasteiger partial charge on any atom is 0.0702 e. The molecule has 2 unspecified atom stereocenters. The first-order valence-corrected chi connectivity index (χ1v) is 7.91. The number of halogens is 1. The minimum atomic E-state index is 0.0804. The number of likely N-dealkylation sites (tertiary alicyclic amines) is 1. The van der Waals surface area contributed by atoms with E-state index in [1.165, 1.54) is 25.8 Å². The molecule has 3 rings (SSSR count). The van der Waals surface area contributed by atoms with E-state index < -0.39 is 0 Å². The van der Waals surface area contributed by atoms with Gasteiger partial charge < -0.3 is 14.9 Å². The molecule has 0 aromatic heterocycles. The van der Waals surface area contributed by atoms with Crippen molar-refractivity contribution < 1.29 is 5.11 Å². The molecule has 0 spiro atoms. The molecule has 1 aromatic carbocycles. The zero-order valence-electron chi connectivity index (χ0n) is 12.1. The number of anilines is 1. The number of hydrogen-bond acceptors (Lipinski definition) is 3. The van der Waals surface area contributed by atoms with Crippen molar-refractivity contribution in [3.05, 3.63) is 28.8 Å². The summed E-state index contributed by atoms with van der Waals surface area (Å²) in [5.74, 6) is 0.744. The molecule has 0 bridgehead atoms. The maximum absolute atomic E-state index is 9.54. The molecule has 2 aliphatic heterocycles. The van der Waals surface area contributed by atoms with Crippen LogP contribution in [0.3, 0.4) is 0 Å². The van der Waals surface area contributed by atoms with Gasteiger partial charge in [-0.15, -0.1) is 0 Å². The van der Waals surface area contributed by atoms with Crippen LogP contribution in [0.5, 0.6) is 0 Å². The topological polar surface area (TPSA) is 26.7 Å². The Morgan fingerprint density at radius 2 is 2.15 bits per heavy atom. The molecule has 0 saturated carbocycles. The van der Waals surface area contributed by atoms with Gasteiger partial charge in [0.05, 0.1) is 6.61 Å². The third-order valence-electron chi connectivity index (χ3n) is 4.90. The minimum absolute atomic E-state index is 0.0804. The van der Waals surface area contributed by atoms with Crippen LogP contribution >= 0.6 is 11.6 Å². The summed E-state index contributed by atoms with van der Waals surface area (Å²) in [5.41, 5.74) is 2.10. The molecule has 2 fully saturated rings. The highest BCUT2D eigenvalue weighted by molar-refractivity contribution is 6.30. The van der Waals surface area contributed by atoms with Crippen molar-refractivity contribution in [3.63, 3.8) is 0 Å². The zero-order valence-corrected chi connectivity index (χ0v) is 12.8. The molecular weight excluding hydrogens is 272 g/mol. The van der Waals surface area contributed by atoms with E-state index in [9.17, 15) is 5.11 Å². The van der Waals surface area contributed by atoms with E-state index in [0.717, 1.165) is 41.3 Å². The molecule has 2 atom stereocenters. The van der Waals surface area contributed by atoms with Crippen molar-refractivity contribution in [2.45, 2.75) is 31.9 Å². The van der Waals surface area contributed by atoms with E-state index in [0.29, 0.717) is 0 Å². The monoisotopic (exact) mass is 294 g/mol. The second kappa shape index (κ2) is 5.92. The predicted molar refractivity (Wildman–Crippen MR) is 83.3 cm³/mol. The van der Waals surface area contributed by atoms with Gasteiger partial charge in [0.15, 0.2) is 0 Å². The Labute approximate surface area is 126 Å². The molecule has 1 aromatic rings. The van der Waals surface area contributed by atoms with Gasteiger partial charge in [0, 0.05) is 35.4 Å². The normalized spacial score (nSPS) is 27.4. The molecule has 0 aliphatic carbocycles. The van der Waals surface area contributed by atoms with E-state index in [2.05, 4.69) is 16.8 Å². The summed E-state index contributed by atoms with van der Waals surface area (Å²) >= 11 is 6.14. The number of aliphatic hydroxyl groups is 1.